The van der Waals surface area contributed by atoms with Gasteiger partial charge in [-0.3, -0.25) is 9.52 Å². The summed E-state index contributed by atoms with van der Waals surface area (Å²) < 4.78 is 25.4. The molecule has 0 aliphatic carbocycles. The van der Waals surface area contributed by atoms with Gasteiger partial charge in [0.2, 0.25) is 15.9 Å². The van der Waals surface area contributed by atoms with Crippen molar-refractivity contribution in [2.75, 3.05) is 34.3 Å². The minimum absolute atomic E-state index is 0.137. The number of para-hydroxylation sites is 3. The van der Waals surface area contributed by atoms with Gasteiger partial charge < -0.3 is 10.2 Å². The van der Waals surface area contributed by atoms with E-state index in [4.69, 9.17) is 11.6 Å². The van der Waals surface area contributed by atoms with Crippen LogP contribution in [0.4, 0.5) is 17.1 Å². The van der Waals surface area contributed by atoms with Crippen molar-refractivity contribution in [3.8, 4) is 0 Å². The molecular weight excluding hydrogens is 374 g/mol. The largest absolute Gasteiger partial charge is 0.370 e. The molecule has 1 aliphatic heterocycles. The molecule has 0 radical (unpaired) electrons. The average Bonchev–Trinajstić information content (AvgIpc) is 3.06. The number of nitrogens with one attached hydrogen (secondary N) is 2. The first-order chi connectivity index (χ1) is 12.3. The van der Waals surface area contributed by atoms with Crippen LogP contribution in [0, 0.1) is 5.92 Å². The molecule has 1 heterocycles. The fourth-order valence-electron chi connectivity index (χ4n) is 3.02. The SMILES string of the molecule is CS(=O)(=O)Nc1ccccc1NC(=O)[C@H]1CCN(c2ccccc2Cl)C1. The predicted molar refractivity (Wildman–Crippen MR) is 105 cm³/mol. The highest BCUT2D eigenvalue weighted by molar-refractivity contribution is 7.92. The molecular formula is C18H20ClN3O3S. The standard InChI is InChI=1S/C18H20ClN3O3S/c1-26(24,25)21-16-8-4-3-7-15(16)20-18(23)13-10-11-22(12-13)17-9-5-2-6-14(17)19/h2-9,13,21H,10-12H2,1H3,(H,20,23)/t13-/m0/s1. The van der Waals surface area contributed by atoms with Crippen molar-refractivity contribution in [1.82, 2.24) is 0 Å². The lowest BCUT2D eigenvalue weighted by Gasteiger charge is -2.20. The Bertz CT molecular complexity index is 917. The Kier molecular flexibility index (Phi) is 5.38. The zero-order valence-electron chi connectivity index (χ0n) is 14.3. The monoisotopic (exact) mass is 393 g/mol. The van der Waals surface area contributed by atoms with Crippen molar-refractivity contribution in [3.63, 3.8) is 0 Å². The Labute approximate surface area is 158 Å². The van der Waals surface area contributed by atoms with Crippen molar-refractivity contribution in [2.24, 2.45) is 5.92 Å². The molecule has 6 nitrogen and oxygen atoms in total. The Morgan fingerprint density at radius 2 is 1.77 bits per heavy atom. The molecule has 0 unspecified atom stereocenters. The van der Waals surface area contributed by atoms with Crippen molar-refractivity contribution in [2.45, 2.75) is 6.42 Å². The van der Waals surface area contributed by atoms with E-state index in [9.17, 15) is 13.2 Å². The van der Waals surface area contributed by atoms with Crippen molar-refractivity contribution in [3.05, 3.63) is 53.6 Å². The molecule has 138 valence electrons. The first kappa shape index (κ1) is 18.5. The number of benzene rings is 2. The molecule has 1 amide bonds. The summed E-state index contributed by atoms with van der Waals surface area (Å²) in [5, 5.41) is 3.50. The van der Waals surface area contributed by atoms with Crippen LogP contribution < -0.4 is 14.9 Å². The first-order valence-corrected chi connectivity index (χ1v) is 10.5. The minimum atomic E-state index is -3.43. The van der Waals surface area contributed by atoms with Gasteiger partial charge in [0.25, 0.3) is 0 Å². The second-order valence-electron chi connectivity index (χ2n) is 6.29. The highest BCUT2D eigenvalue weighted by Gasteiger charge is 2.29. The van der Waals surface area contributed by atoms with Gasteiger partial charge in [-0.15, -0.1) is 0 Å². The van der Waals surface area contributed by atoms with Gasteiger partial charge in [0.15, 0.2) is 0 Å². The second kappa shape index (κ2) is 7.55. The van der Waals surface area contributed by atoms with Crippen molar-refractivity contribution in [1.29, 1.82) is 0 Å². The van der Waals surface area contributed by atoms with Crippen LogP contribution in [0.1, 0.15) is 6.42 Å². The van der Waals surface area contributed by atoms with Crippen LogP contribution in [-0.4, -0.2) is 33.7 Å². The summed E-state index contributed by atoms with van der Waals surface area (Å²) in [5.74, 6) is -0.333. The molecule has 8 heteroatoms. The molecule has 1 saturated heterocycles. The van der Waals surface area contributed by atoms with Crippen LogP contribution in [0.2, 0.25) is 5.02 Å². The van der Waals surface area contributed by atoms with E-state index in [-0.39, 0.29) is 11.8 Å². The maximum atomic E-state index is 12.6. The van der Waals surface area contributed by atoms with Gasteiger partial charge in [-0.05, 0) is 30.7 Å². The lowest BCUT2D eigenvalue weighted by Crippen LogP contribution is -2.27. The molecule has 3 rings (SSSR count). The molecule has 2 aromatic carbocycles. The van der Waals surface area contributed by atoms with Crippen LogP contribution in [0.25, 0.3) is 0 Å². The molecule has 1 atom stereocenters. The number of sulfonamides is 1. The molecule has 0 bridgehead atoms. The molecule has 2 N–H and O–H groups in total. The summed E-state index contributed by atoms with van der Waals surface area (Å²) in [4.78, 5) is 14.7. The maximum Gasteiger partial charge on any atom is 0.229 e. The van der Waals surface area contributed by atoms with Crippen LogP contribution in [0.5, 0.6) is 0 Å². The number of anilines is 3. The quantitative estimate of drug-likeness (QED) is 0.817. The van der Waals surface area contributed by atoms with Gasteiger partial charge in [-0.2, -0.15) is 0 Å². The van der Waals surface area contributed by atoms with E-state index in [0.29, 0.717) is 29.4 Å². The number of rotatable bonds is 5. The number of carbonyl (C=O) groups excluding carboxylic acids is 1. The third kappa shape index (κ3) is 4.47. The van der Waals surface area contributed by atoms with Crippen LogP contribution in [0.15, 0.2) is 48.5 Å². The van der Waals surface area contributed by atoms with Gasteiger partial charge in [0, 0.05) is 13.1 Å². The molecule has 2 aromatic rings. The second-order valence-corrected chi connectivity index (χ2v) is 8.45. The molecule has 1 fully saturated rings. The summed E-state index contributed by atoms with van der Waals surface area (Å²) in [6.45, 7) is 1.31. The Balaban J connectivity index is 1.69. The zero-order valence-corrected chi connectivity index (χ0v) is 15.8. The Morgan fingerprint density at radius 1 is 1.12 bits per heavy atom. The number of hydrogen-bond donors (Lipinski definition) is 2. The minimum Gasteiger partial charge on any atom is -0.370 e. The smallest absolute Gasteiger partial charge is 0.229 e. The van der Waals surface area contributed by atoms with Gasteiger partial charge in [-0.1, -0.05) is 35.9 Å². The predicted octanol–water partition coefficient (Wildman–Crippen LogP) is 3.18. The van der Waals surface area contributed by atoms with Gasteiger partial charge in [-0.25, -0.2) is 8.42 Å². The summed E-state index contributed by atoms with van der Waals surface area (Å²) in [7, 11) is -3.43. The fourth-order valence-corrected chi connectivity index (χ4v) is 3.85. The Morgan fingerprint density at radius 3 is 2.46 bits per heavy atom. The maximum absolute atomic E-state index is 12.6. The van der Waals surface area contributed by atoms with Gasteiger partial charge >= 0.3 is 0 Å². The van der Waals surface area contributed by atoms with Crippen LogP contribution in [-0.2, 0) is 14.8 Å². The van der Waals surface area contributed by atoms with Crippen molar-refractivity contribution < 1.29 is 13.2 Å². The molecule has 1 aliphatic rings. The lowest BCUT2D eigenvalue weighted by atomic mass is 10.1. The van der Waals surface area contributed by atoms with E-state index in [1.54, 1.807) is 24.3 Å². The summed E-state index contributed by atoms with van der Waals surface area (Å²) >= 11 is 6.24. The third-order valence-corrected chi connectivity index (χ3v) is 5.14. The third-order valence-electron chi connectivity index (χ3n) is 4.23. The number of nitrogens with zero attached hydrogens (tertiary/aromatic N) is 1. The van der Waals surface area contributed by atoms with E-state index in [0.717, 1.165) is 18.5 Å². The molecule has 0 spiro atoms. The summed E-state index contributed by atoms with van der Waals surface area (Å²) in [5.41, 5.74) is 1.71. The van der Waals surface area contributed by atoms with E-state index in [1.807, 2.05) is 24.3 Å². The highest BCUT2D eigenvalue weighted by atomic mass is 35.5. The van der Waals surface area contributed by atoms with Crippen molar-refractivity contribution >= 4 is 44.6 Å². The number of carbonyl (C=O) groups is 1. The Hall–Kier alpha value is -2.25. The first-order valence-electron chi connectivity index (χ1n) is 8.20. The topological polar surface area (TPSA) is 78.5 Å². The molecule has 26 heavy (non-hydrogen) atoms. The summed E-state index contributed by atoms with van der Waals surface area (Å²) in [6, 6.07) is 14.3. The lowest BCUT2D eigenvalue weighted by molar-refractivity contribution is -0.119. The van der Waals surface area contributed by atoms with Gasteiger partial charge in [0.05, 0.1) is 34.3 Å². The van der Waals surface area contributed by atoms with Crippen LogP contribution in [0.3, 0.4) is 0 Å². The molecule has 0 saturated carbocycles. The van der Waals surface area contributed by atoms with E-state index < -0.39 is 10.0 Å². The zero-order chi connectivity index (χ0) is 18.7. The molecule has 0 aromatic heterocycles. The fraction of sp³-hybridized carbons (Fsp3) is 0.278. The van der Waals surface area contributed by atoms with Crippen LogP contribution >= 0.6 is 11.6 Å². The van der Waals surface area contributed by atoms with E-state index in [2.05, 4.69) is 14.9 Å². The van der Waals surface area contributed by atoms with E-state index >= 15 is 0 Å². The summed E-state index contributed by atoms with van der Waals surface area (Å²) in [6.07, 6.45) is 1.78. The normalized spacial score (nSPS) is 17.2. The number of hydrogen-bond acceptors (Lipinski definition) is 4. The number of halogens is 1. The van der Waals surface area contributed by atoms with Gasteiger partial charge in [0.1, 0.15) is 0 Å². The number of amides is 1. The highest BCUT2D eigenvalue weighted by Crippen LogP contribution is 2.31. The average molecular weight is 394 g/mol. The van der Waals surface area contributed by atoms with E-state index in [1.165, 1.54) is 0 Å².